The minimum absolute atomic E-state index is 0.0813. The van der Waals surface area contributed by atoms with Gasteiger partial charge in [0.25, 0.3) is 0 Å². The molecule has 0 aliphatic heterocycles. The molecule has 1 N–H and O–H groups in total. The second kappa shape index (κ2) is 4.65. The van der Waals surface area contributed by atoms with Gasteiger partial charge in [0, 0.05) is 5.56 Å². The second-order valence-corrected chi connectivity index (χ2v) is 4.89. The molecule has 0 aromatic heterocycles. The molecule has 94 valence electrons. The Labute approximate surface area is 101 Å². The maximum atomic E-state index is 14.2. The predicted molar refractivity (Wildman–Crippen MR) is 64.5 cm³/mol. The molecule has 0 radical (unpaired) electrons. The van der Waals surface area contributed by atoms with E-state index >= 15 is 0 Å². The summed E-state index contributed by atoms with van der Waals surface area (Å²) in [4.78, 5) is 0. The third kappa shape index (κ3) is 2.04. The maximum absolute atomic E-state index is 14.2. The Morgan fingerprint density at radius 2 is 2.18 bits per heavy atom. The molecule has 1 aromatic rings. The van der Waals surface area contributed by atoms with Crippen LogP contribution < -0.4 is 4.74 Å². The minimum atomic E-state index is -1.04. The summed E-state index contributed by atoms with van der Waals surface area (Å²) in [5.74, 6) is -0.141. The Bertz CT molecular complexity index is 405. The number of rotatable bonds is 2. The van der Waals surface area contributed by atoms with Crippen LogP contribution in [0.4, 0.5) is 4.39 Å². The van der Waals surface area contributed by atoms with Crippen LogP contribution in [0.5, 0.6) is 5.75 Å². The Balaban J connectivity index is 2.44. The van der Waals surface area contributed by atoms with Crippen LogP contribution in [0.3, 0.4) is 0 Å². The summed E-state index contributed by atoms with van der Waals surface area (Å²) < 4.78 is 19.2. The quantitative estimate of drug-likeness (QED) is 0.857. The summed E-state index contributed by atoms with van der Waals surface area (Å²) >= 11 is 0. The van der Waals surface area contributed by atoms with Gasteiger partial charge in [-0.1, -0.05) is 31.9 Å². The molecule has 0 saturated heterocycles. The van der Waals surface area contributed by atoms with Gasteiger partial charge in [0.1, 0.15) is 0 Å². The van der Waals surface area contributed by atoms with Crippen molar-refractivity contribution < 1.29 is 14.2 Å². The highest BCUT2D eigenvalue weighted by Gasteiger charge is 2.40. The van der Waals surface area contributed by atoms with Gasteiger partial charge >= 0.3 is 0 Å². The summed E-state index contributed by atoms with van der Waals surface area (Å²) in [6, 6.07) is 4.98. The van der Waals surface area contributed by atoms with Crippen LogP contribution in [0, 0.1) is 11.7 Å². The zero-order valence-corrected chi connectivity index (χ0v) is 10.4. The van der Waals surface area contributed by atoms with Gasteiger partial charge in [0.15, 0.2) is 11.6 Å². The molecule has 1 fully saturated rings. The molecule has 2 nitrogen and oxygen atoms in total. The van der Waals surface area contributed by atoms with E-state index in [2.05, 4.69) is 0 Å². The fourth-order valence-electron chi connectivity index (χ4n) is 2.73. The first-order valence-corrected chi connectivity index (χ1v) is 6.15. The molecule has 0 bridgehead atoms. The molecule has 1 aliphatic carbocycles. The van der Waals surface area contributed by atoms with E-state index in [4.69, 9.17) is 4.74 Å². The summed E-state index contributed by atoms with van der Waals surface area (Å²) in [5.41, 5.74) is -0.666. The molecular formula is C14H19FO2. The first kappa shape index (κ1) is 12.4. The molecule has 0 spiro atoms. The molecule has 0 amide bonds. The fourth-order valence-corrected chi connectivity index (χ4v) is 2.73. The Morgan fingerprint density at radius 1 is 1.41 bits per heavy atom. The van der Waals surface area contributed by atoms with Gasteiger partial charge in [0.05, 0.1) is 12.7 Å². The van der Waals surface area contributed by atoms with Crippen LogP contribution in [0.15, 0.2) is 18.2 Å². The van der Waals surface area contributed by atoms with Crippen LogP contribution in [0.25, 0.3) is 0 Å². The highest BCUT2D eigenvalue weighted by Crippen LogP contribution is 2.43. The Morgan fingerprint density at radius 3 is 2.82 bits per heavy atom. The van der Waals surface area contributed by atoms with E-state index in [0.717, 1.165) is 19.3 Å². The number of methoxy groups -OCH3 is 1. The summed E-state index contributed by atoms with van der Waals surface area (Å²) in [5, 5.41) is 10.7. The number of halogens is 1. The van der Waals surface area contributed by atoms with Gasteiger partial charge < -0.3 is 9.84 Å². The number of aliphatic hydroxyl groups is 1. The smallest absolute Gasteiger partial charge is 0.171 e. The molecule has 2 unspecified atom stereocenters. The van der Waals surface area contributed by atoms with Crippen LogP contribution in [0.2, 0.25) is 0 Å². The first-order valence-electron chi connectivity index (χ1n) is 6.15. The van der Waals surface area contributed by atoms with Gasteiger partial charge in [-0.15, -0.1) is 0 Å². The van der Waals surface area contributed by atoms with Crippen LogP contribution >= 0.6 is 0 Å². The predicted octanol–water partition coefficient (Wildman–Crippen LogP) is 3.23. The summed E-state index contributed by atoms with van der Waals surface area (Å²) in [6.45, 7) is 1.98. The van der Waals surface area contributed by atoms with E-state index in [1.54, 1.807) is 18.2 Å². The lowest BCUT2D eigenvalue weighted by molar-refractivity contribution is -0.0498. The molecular weight excluding hydrogens is 219 g/mol. The third-order valence-electron chi connectivity index (χ3n) is 3.91. The zero-order chi connectivity index (χ0) is 12.5. The van der Waals surface area contributed by atoms with Crippen molar-refractivity contribution in [2.75, 3.05) is 7.11 Å². The molecule has 1 saturated carbocycles. The second-order valence-electron chi connectivity index (χ2n) is 4.89. The topological polar surface area (TPSA) is 29.5 Å². The zero-order valence-electron chi connectivity index (χ0n) is 10.4. The van der Waals surface area contributed by atoms with E-state index in [-0.39, 0.29) is 11.7 Å². The average molecular weight is 238 g/mol. The standard InChI is InChI=1S/C14H19FO2/c1-10-6-3-4-9-14(10,16)11-7-5-8-12(17-2)13(11)15/h5,7-8,10,16H,3-4,6,9H2,1-2H3. The Kier molecular flexibility index (Phi) is 3.38. The number of benzene rings is 1. The fraction of sp³-hybridized carbons (Fsp3) is 0.571. The van der Waals surface area contributed by atoms with Crippen molar-refractivity contribution in [3.05, 3.63) is 29.6 Å². The third-order valence-corrected chi connectivity index (χ3v) is 3.91. The minimum Gasteiger partial charge on any atom is -0.494 e. The van der Waals surface area contributed by atoms with E-state index < -0.39 is 11.4 Å². The highest BCUT2D eigenvalue weighted by atomic mass is 19.1. The summed E-state index contributed by atoms with van der Waals surface area (Å²) in [6.07, 6.45) is 3.61. The van der Waals surface area contributed by atoms with Crippen molar-refractivity contribution in [2.24, 2.45) is 5.92 Å². The lowest BCUT2D eigenvalue weighted by Crippen LogP contribution is -2.37. The van der Waals surface area contributed by atoms with E-state index in [1.165, 1.54) is 7.11 Å². The van der Waals surface area contributed by atoms with Crippen LogP contribution in [-0.4, -0.2) is 12.2 Å². The molecule has 17 heavy (non-hydrogen) atoms. The van der Waals surface area contributed by atoms with Crippen LogP contribution in [-0.2, 0) is 5.60 Å². The number of hydrogen-bond acceptors (Lipinski definition) is 2. The van der Waals surface area contributed by atoms with E-state index in [0.29, 0.717) is 12.0 Å². The van der Waals surface area contributed by atoms with Gasteiger partial charge in [-0.25, -0.2) is 4.39 Å². The van der Waals surface area contributed by atoms with Gasteiger partial charge in [-0.2, -0.15) is 0 Å². The van der Waals surface area contributed by atoms with Crippen molar-refractivity contribution in [3.8, 4) is 5.75 Å². The first-order chi connectivity index (χ1) is 8.09. The molecule has 3 heteroatoms. The Hall–Kier alpha value is -1.09. The van der Waals surface area contributed by atoms with Gasteiger partial charge in [-0.05, 0) is 24.8 Å². The molecule has 1 aliphatic rings. The molecule has 0 heterocycles. The summed E-state index contributed by atoms with van der Waals surface area (Å²) in [7, 11) is 1.44. The lowest BCUT2D eigenvalue weighted by Gasteiger charge is -2.38. The lowest BCUT2D eigenvalue weighted by atomic mass is 9.72. The van der Waals surface area contributed by atoms with Gasteiger partial charge in [-0.3, -0.25) is 0 Å². The van der Waals surface area contributed by atoms with Crippen molar-refractivity contribution in [2.45, 2.75) is 38.2 Å². The van der Waals surface area contributed by atoms with E-state index in [9.17, 15) is 9.50 Å². The normalized spacial score (nSPS) is 29.1. The van der Waals surface area contributed by atoms with Crippen molar-refractivity contribution in [1.82, 2.24) is 0 Å². The monoisotopic (exact) mass is 238 g/mol. The van der Waals surface area contributed by atoms with Crippen molar-refractivity contribution in [3.63, 3.8) is 0 Å². The number of ether oxygens (including phenoxy) is 1. The average Bonchev–Trinajstić information content (AvgIpc) is 2.33. The van der Waals surface area contributed by atoms with Crippen LogP contribution in [0.1, 0.15) is 38.2 Å². The van der Waals surface area contributed by atoms with Crippen molar-refractivity contribution >= 4 is 0 Å². The molecule has 2 atom stereocenters. The molecule has 2 rings (SSSR count). The van der Waals surface area contributed by atoms with E-state index in [1.807, 2.05) is 6.92 Å². The molecule has 1 aromatic carbocycles. The maximum Gasteiger partial charge on any atom is 0.171 e. The SMILES string of the molecule is COc1cccc(C2(O)CCCCC2C)c1F. The number of hydrogen-bond donors (Lipinski definition) is 1. The highest BCUT2D eigenvalue weighted by molar-refractivity contribution is 5.35. The van der Waals surface area contributed by atoms with Gasteiger partial charge in [0.2, 0.25) is 0 Å². The van der Waals surface area contributed by atoms with Crippen molar-refractivity contribution in [1.29, 1.82) is 0 Å². The largest absolute Gasteiger partial charge is 0.494 e.